The molecule has 6 nitrogen and oxygen atoms in total. The van der Waals surface area contributed by atoms with E-state index in [2.05, 4.69) is 10.1 Å². The van der Waals surface area contributed by atoms with Gasteiger partial charge in [-0.1, -0.05) is 18.2 Å². The molecule has 1 fully saturated rings. The Balaban J connectivity index is 1.60. The molecule has 2 N–H and O–H groups in total. The molecule has 0 aliphatic heterocycles. The second kappa shape index (κ2) is 6.74. The van der Waals surface area contributed by atoms with Gasteiger partial charge in [0.1, 0.15) is 11.5 Å². The van der Waals surface area contributed by atoms with Gasteiger partial charge < -0.3 is 19.6 Å². The minimum Gasteiger partial charge on any atom is -0.475 e. The first-order chi connectivity index (χ1) is 12.2. The van der Waals surface area contributed by atoms with Gasteiger partial charge in [-0.2, -0.15) is 0 Å². The highest BCUT2D eigenvalue weighted by Crippen LogP contribution is 2.51. The van der Waals surface area contributed by atoms with Gasteiger partial charge in [-0.05, 0) is 36.1 Å². The van der Waals surface area contributed by atoms with Crippen LogP contribution in [0.1, 0.15) is 34.2 Å². The van der Waals surface area contributed by atoms with Gasteiger partial charge in [0.15, 0.2) is 0 Å². The van der Waals surface area contributed by atoms with Crippen LogP contribution in [0.25, 0.3) is 0 Å². The van der Waals surface area contributed by atoms with Crippen LogP contribution in [0.15, 0.2) is 40.8 Å². The molecular formula is C17H14F3NO5. The Kier molecular flexibility index (Phi) is 4.62. The molecular weight excluding hydrogens is 355 g/mol. The number of benzene rings is 1. The number of carboxylic acid groups (broad SMARTS) is 1. The van der Waals surface area contributed by atoms with E-state index < -0.39 is 18.2 Å². The van der Waals surface area contributed by atoms with Crippen LogP contribution in [-0.4, -0.2) is 23.3 Å². The molecule has 1 heterocycles. The van der Waals surface area contributed by atoms with E-state index in [9.17, 15) is 22.8 Å². The molecule has 26 heavy (non-hydrogen) atoms. The number of amides is 1. The van der Waals surface area contributed by atoms with Crippen LogP contribution in [-0.2, 0) is 11.3 Å². The highest BCUT2D eigenvalue weighted by Gasteiger charge is 2.46. The molecule has 138 valence electrons. The van der Waals surface area contributed by atoms with Gasteiger partial charge in [-0.15, -0.1) is 13.2 Å². The third-order valence-electron chi connectivity index (χ3n) is 3.98. The Morgan fingerprint density at radius 2 is 1.96 bits per heavy atom. The maximum Gasteiger partial charge on any atom is 0.573 e. The largest absolute Gasteiger partial charge is 0.573 e. The number of rotatable bonds is 6. The molecule has 2 aromatic rings. The predicted molar refractivity (Wildman–Crippen MR) is 81.5 cm³/mol. The zero-order valence-corrected chi connectivity index (χ0v) is 13.2. The first kappa shape index (κ1) is 17.8. The minimum absolute atomic E-state index is 0.00394. The number of halogens is 3. The molecule has 0 saturated heterocycles. The Morgan fingerprint density at radius 1 is 1.23 bits per heavy atom. The summed E-state index contributed by atoms with van der Waals surface area (Å²) >= 11 is 0. The molecule has 0 spiro atoms. The topological polar surface area (TPSA) is 88.8 Å². The van der Waals surface area contributed by atoms with Crippen molar-refractivity contribution in [2.75, 3.05) is 0 Å². The second-order valence-electron chi connectivity index (χ2n) is 5.82. The number of hydrogen-bond acceptors (Lipinski definition) is 4. The summed E-state index contributed by atoms with van der Waals surface area (Å²) in [5.41, 5.74) is 0.330. The number of nitrogens with one attached hydrogen (secondary N) is 1. The van der Waals surface area contributed by atoms with Crippen molar-refractivity contribution in [2.45, 2.75) is 25.2 Å². The lowest BCUT2D eigenvalue weighted by molar-refractivity contribution is -0.274. The van der Waals surface area contributed by atoms with Crippen molar-refractivity contribution in [3.05, 3.63) is 53.5 Å². The lowest BCUT2D eigenvalue weighted by Gasteiger charge is -2.13. The number of aromatic carboxylic acids is 1. The summed E-state index contributed by atoms with van der Waals surface area (Å²) in [7, 11) is 0. The van der Waals surface area contributed by atoms with E-state index in [4.69, 9.17) is 9.52 Å². The fourth-order valence-electron chi connectivity index (χ4n) is 2.73. The van der Waals surface area contributed by atoms with Crippen LogP contribution in [0.5, 0.6) is 5.75 Å². The third kappa shape index (κ3) is 4.16. The molecule has 1 aromatic heterocycles. The number of carbonyl (C=O) groups excluding carboxylic acids is 1. The molecule has 9 heteroatoms. The summed E-state index contributed by atoms with van der Waals surface area (Å²) in [4.78, 5) is 22.9. The minimum atomic E-state index is -4.80. The molecule has 1 saturated carbocycles. The van der Waals surface area contributed by atoms with Crippen LogP contribution in [0.3, 0.4) is 0 Å². The molecule has 2 atom stereocenters. The van der Waals surface area contributed by atoms with Gasteiger partial charge >= 0.3 is 12.3 Å². The van der Waals surface area contributed by atoms with E-state index in [1.807, 2.05) is 0 Å². The van der Waals surface area contributed by atoms with Gasteiger partial charge in [0.25, 0.3) is 0 Å². The fourth-order valence-corrected chi connectivity index (χ4v) is 2.73. The second-order valence-corrected chi connectivity index (χ2v) is 5.82. The number of para-hydroxylation sites is 1. The highest BCUT2D eigenvalue weighted by atomic mass is 19.4. The monoisotopic (exact) mass is 369 g/mol. The van der Waals surface area contributed by atoms with Gasteiger partial charge in [-0.3, -0.25) is 4.79 Å². The lowest BCUT2D eigenvalue weighted by Crippen LogP contribution is -2.24. The summed E-state index contributed by atoms with van der Waals surface area (Å²) in [5, 5.41) is 11.4. The van der Waals surface area contributed by atoms with E-state index in [0.29, 0.717) is 12.0 Å². The maximum atomic E-state index is 12.5. The van der Waals surface area contributed by atoms with Crippen molar-refractivity contribution in [3.63, 3.8) is 0 Å². The molecule has 1 aromatic carbocycles. The zero-order chi connectivity index (χ0) is 18.9. The van der Waals surface area contributed by atoms with Gasteiger partial charge in [0.2, 0.25) is 11.7 Å². The van der Waals surface area contributed by atoms with Crippen molar-refractivity contribution in [1.29, 1.82) is 0 Å². The normalized spacial score (nSPS) is 19.0. The fraction of sp³-hybridized carbons (Fsp3) is 0.294. The SMILES string of the molecule is O=C(O)c1ccc(CNC(=O)C2CC2c2ccccc2OC(F)(F)F)o1. The summed E-state index contributed by atoms with van der Waals surface area (Å²) in [6.07, 6.45) is -4.40. The smallest absolute Gasteiger partial charge is 0.475 e. The molecule has 0 bridgehead atoms. The van der Waals surface area contributed by atoms with E-state index in [-0.39, 0.29) is 35.6 Å². The van der Waals surface area contributed by atoms with Gasteiger partial charge in [0.05, 0.1) is 6.54 Å². The standard InChI is InChI=1S/C17H14F3NO5/c18-17(19,20)26-13-4-2-1-3-10(13)11-7-12(11)15(22)21-8-9-5-6-14(25-9)16(23)24/h1-6,11-12H,7-8H2,(H,21,22)(H,23,24). The van der Waals surface area contributed by atoms with Crippen molar-refractivity contribution in [3.8, 4) is 5.75 Å². The summed E-state index contributed by atoms with van der Waals surface area (Å²) < 4.78 is 46.5. The molecule has 2 unspecified atom stereocenters. The van der Waals surface area contributed by atoms with E-state index in [1.54, 1.807) is 6.07 Å². The molecule has 1 amide bonds. The number of carboxylic acids is 1. The Morgan fingerprint density at radius 3 is 2.62 bits per heavy atom. The number of hydrogen-bond donors (Lipinski definition) is 2. The molecule has 0 radical (unpaired) electrons. The van der Waals surface area contributed by atoms with Crippen LogP contribution in [0.2, 0.25) is 0 Å². The first-order valence-electron chi connectivity index (χ1n) is 7.69. The average molecular weight is 369 g/mol. The molecule has 1 aliphatic rings. The number of furan rings is 1. The lowest BCUT2D eigenvalue weighted by atomic mass is 10.1. The summed E-state index contributed by atoms with van der Waals surface area (Å²) in [5.74, 6) is -2.67. The Hall–Kier alpha value is -2.97. The van der Waals surface area contributed by atoms with Gasteiger partial charge in [0, 0.05) is 5.92 Å². The Labute approximate surface area is 145 Å². The maximum absolute atomic E-state index is 12.5. The van der Waals surface area contributed by atoms with Crippen molar-refractivity contribution >= 4 is 11.9 Å². The zero-order valence-electron chi connectivity index (χ0n) is 13.2. The Bertz CT molecular complexity index is 830. The predicted octanol–water partition coefficient (Wildman–Crippen LogP) is 3.30. The first-order valence-corrected chi connectivity index (χ1v) is 7.69. The van der Waals surface area contributed by atoms with Crippen molar-refractivity contribution in [1.82, 2.24) is 5.32 Å². The highest BCUT2D eigenvalue weighted by molar-refractivity contribution is 5.84. The van der Waals surface area contributed by atoms with Crippen molar-refractivity contribution < 1.29 is 37.0 Å². The number of ether oxygens (including phenoxy) is 1. The van der Waals surface area contributed by atoms with Crippen LogP contribution < -0.4 is 10.1 Å². The number of alkyl halides is 3. The molecule has 1 aliphatic carbocycles. The van der Waals surface area contributed by atoms with E-state index >= 15 is 0 Å². The van der Waals surface area contributed by atoms with Gasteiger partial charge in [-0.25, -0.2) is 4.79 Å². The quantitative estimate of drug-likeness (QED) is 0.816. The summed E-state index contributed by atoms with van der Waals surface area (Å²) in [6.45, 7) is -0.00394. The van der Waals surface area contributed by atoms with E-state index in [1.165, 1.54) is 30.3 Å². The number of carbonyl (C=O) groups is 2. The van der Waals surface area contributed by atoms with Crippen LogP contribution in [0.4, 0.5) is 13.2 Å². The van der Waals surface area contributed by atoms with Crippen molar-refractivity contribution in [2.24, 2.45) is 5.92 Å². The van der Waals surface area contributed by atoms with Crippen LogP contribution >= 0.6 is 0 Å². The third-order valence-corrected chi connectivity index (χ3v) is 3.98. The average Bonchev–Trinajstić information content (AvgIpc) is 3.20. The van der Waals surface area contributed by atoms with E-state index in [0.717, 1.165) is 0 Å². The molecule has 3 rings (SSSR count). The summed E-state index contributed by atoms with van der Waals surface area (Å²) in [6, 6.07) is 8.44. The van der Waals surface area contributed by atoms with Crippen LogP contribution in [0, 0.1) is 5.92 Å².